The number of ether oxygens (including phenoxy) is 2. The van der Waals surface area contributed by atoms with Gasteiger partial charge in [0.05, 0.1) is 30.6 Å². The first-order chi connectivity index (χ1) is 19.8. The van der Waals surface area contributed by atoms with Gasteiger partial charge in [-0.3, -0.25) is 4.79 Å². The number of benzene rings is 1. The van der Waals surface area contributed by atoms with Crippen molar-refractivity contribution in [2.45, 2.75) is 103 Å². The highest BCUT2D eigenvalue weighted by molar-refractivity contribution is 5.87. The third kappa shape index (κ3) is 9.92. The molecule has 2 aliphatic rings. The van der Waals surface area contributed by atoms with Crippen LogP contribution in [0.2, 0.25) is 0 Å². The van der Waals surface area contributed by atoms with Crippen molar-refractivity contribution in [1.29, 1.82) is 0 Å². The fraction of sp³-hybridized carbons (Fsp3) is 0.706. The quantitative estimate of drug-likeness (QED) is 0.135. The maximum Gasteiger partial charge on any atom is 0.335 e. The first kappa shape index (κ1) is 33.3. The van der Waals surface area contributed by atoms with Crippen molar-refractivity contribution in [3.8, 4) is 0 Å². The van der Waals surface area contributed by atoms with Crippen LogP contribution in [0.1, 0.15) is 114 Å². The Balaban J connectivity index is 1.58. The van der Waals surface area contributed by atoms with Crippen LogP contribution >= 0.6 is 0 Å². The summed E-state index contributed by atoms with van der Waals surface area (Å²) in [7, 11) is 0. The Morgan fingerprint density at radius 1 is 0.976 bits per heavy atom. The zero-order chi connectivity index (χ0) is 29.8. The number of rotatable bonds is 15. The number of carbonyl (C=O) groups is 2. The summed E-state index contributed by atoms with van der Waals surface area (Å²) >= 11 is 0. The number of hydrogen-bond acceptors (Lipinski definition) is 6. The lowest BCUT2D eigenvalue weighted by Crippen LogP contribution is -2.26. The van der Waals surface area contributed by atoms with Gasteiger partial charge in [0.2, 0.25) is 0 Å². The molecule has 2 fully saturated rings. The molecular weight excluding hydrogens is 523 g/mol. The summed E-state index contributed by atoms with van der Waals surface area (Å²) in [5.74, 6) is -0.221. The van der Waals surface area contributed by atoms with E-state index < -0.39 is 30.4 Å². The smallest absolute Gasteiger partial charge is 0.335 e. The lowest BCUT2D eigenvalue weighted by Gasteiger charge is -2.38. The van der Waals surface area contributed by atoms with Gasteiger partial charge in [-0.05, 0) is 86.3 Å². The van der Waals surface area contributed by atoms with Crippen LogP contribution in [0, 0.1) is 29.5 Å². The largest absolute Gasteiger partial charge is 0.465 e. The summed E-state index contributed by atoms with van der Waals surface area (Å²) in [5.41, 5.74) is 1.19. The van der Waals surface area contributed by atoms with E-state index in [4.69, 9.17) is 14.6 Å². The summed E-state index contributed by atoms with van der Waals surface area (Å²) in [6.45, 7) is 6.11. The molecule has 1 aromatic carbocycles. The highest BCUT2D eigenvalue weighted by Gasteiger charge is 2.32. The standard InChI is InChI=1S/C34H51FO6/c1-4-5-6-7-25-8-10-26(11-9-25)27-12-14-28(15-13-27)31-17-16-29(18-32(31)35)30(21-40-33(38)23(2)19-36)22-41-34(39)24(3)20-37/h16-18,24-28,30,36-37H,2,4-15,19-22H2,1,3H3. The molecule has 2 unspecified atom stereocenters. The molecule has 1 aromatic rings. The van der Waals surface area contributed by atoms with Crippen molar-refractivity contribution < 1.29 is 33.7 Å². The van der Waals surface area contributed by atoms with Gasteiger partial charge in [-0.25, -0.2) is 9.18 Å². The van der Waals surface area contributed by atoms with E-state index in [-0.39, 0.29) is 37.1 Å². The van der Waals surface area contributed by atoms with Gasteiger partial charge in [-0.2, -0.15) is 0 Å². The molecule has 3 rings (SSSR count). The van der Waals surface area contributed by atoms with Crippen LogP contribution in [0.5, 0.6) is 0 Å². The summed E-state index contributed by atoms with van der Waals surface area (Å²) in [4.78, 5) is 24.2. The molecule has 0 aliphatic heterocycles. The van der Waals surface area contributed by atoms with Crippen molar-refractivity contribution in [1.82, 2.24) is 0 Å². The number of aliphatic hydroxyl groups is 2. The molecule has 0 heterocycles. The average molecular weight is 575 g/mol. The lowest BCUT2D eigenvalue weighted by atomic mass is 9.68. The maximum atomic E-state index is 15.5. The molecule has 0 saturated heterocycles. The zero-order valence-electron chi connectivity index (χ0n) is 25.1. The number of aliphatic hydroxyl groups excluding tert-OH is 2. The van der Waals surface area contributed by atoms with E-state index in [1.807, 2.05) is 12.1 Å². The summed E-state index contributed by atoms with van der Waals surface area (Å²) in [6, 6.07) is 5.12. The molecule has 0 spiro atoms. The highest BCUT2D eigenvalue weighted by atomic mass is 19.1. The van der Waals surface area contributed by atoms with Crippen molar-refractivity contribution in [3.05, 3.63) is 47.3 Å². The Bertz CT molecular complexity index is 977. The molecule has 2 saturated carbocycles. The van der Waals surface area contributed by atoms with Gasteiger partial charge in [0.25, 0.3) is 0 Å². The number of halogens is 1. The van der Waals surface area contributed by atoms with Gasteiger partial charge < -0.3 is 19.7 Å². The molecule has 0 aromatic heterocycles. The molecule has 2 atom stereocenters. The van der Waals surface area contributed by atoms with E-state index in [0.717, 1.165) is 49.0 Å². The normalized spacial score (nSPS) is 24.3. The number of esters is 2. The minimum absolute atomic E-state index is 0.0909. The fourth-order valence-corrected chi connectivity index (χ4v) is 6.64. The SMILES string of the molecule is C=C(CO)C(=O)OCC(COC(=O)C(C)CO)c1ccc(C2CCC(C3CCC(CCCCC)CC3)CC2)c(F)c1. The molecule has 41 heavy (non-hydrogen) atoms. The first-order valence-corrected chi connectivity index (χ1v) is 15.8. The zero-order valence-corrected chi connectivity index (χ0v) is 25.1. The van der Waals surface area contributed by atoms with E-state index in [1.54, 1.807) is 6.92 Å². The third-order valence-electron chi connectivity index (χ3n) is 9.48. The number of carbonyl (C=O) groups excluding carboxylic acids is 2. The van der Waals surface area contributed by atoms with Crippen molar-refractivity contribution in [2.24, 2.45) is 23.7 Å². The highest BCUT2D eigenvalue weighted by Crippen LogP contribution is 2.45. The predicted molar refractivity (Wildman–Crippen MR) is 158 cm³/mol. The second kappa shape index (κ2) is 17.0. The average Bonchev–Trinajstić information content (AvgIpc) is 3.00. The van der Waals surface area contributed by atoms with Gasteiger partial charge in [0.1, 0.15) is 19.0 Å². The molecular formula is C34H51FO6. The molecule has 230 valence electrons. The van der Waals surface area contributed by atoms with Gasteiger partial charge in [0.15, 0.2) is 0 Å². The molecule has 0 bridgehead atoms. The third-order valence-corrected chi connectivity index (χ3v) is 9.48. The minimum Gasteiger partial charge on any atom is -0.465 e. The van der Waals surface area contributed by atoms with Crippen molar-refractivity contribution in [3.63, 3.8) is 0 Å². The monoisotopic (exact) mass is 574 g/mol. The maximum absolute atomic E-state index is 15.5. The number of unbranched alkanes of at least 4 members (excludes halogenated alkanes) is 2. The van der Waals surface area contributed by atoms with Crippen LogP contribution in [0.25, 0.3) is 0 Å². The van der Waals surface area contributed by atoms with E-state index in [0.29, 0.717) is 5.56 Å². The second-order valence-corrected chi connectivity index (χ2v) is 12.4. The Morgan fingerprint density at radius 2 is 1.61 bits per heavy atom. The summed E-state index contributed by atoms with van der Waals surface area (Å²) in [6.07, 6.45) is 15.2. The van der Waals surface area contributed by atoms with E-state index >= 15 is 4.39 Å². The van der Waals surface area contributed by atoms with Crippen LogP contribution in [-0.4, -0.2) is 48.6 Å². The molecule has 2 N–H and O–H groups in total. The van der Waals surface area contributed by atoms with Crippen molar-refractivity contribution in [2.75, 3.05) is 26.4 Å². The molecule has 6 nitrogen and oxygen atoms in total. The second-order valence-electron chi connectivity index (χ2n) is 12.4. The number of hydrogen-bond donors (Lipinski definition) is 2. The van der Waals surface area contributed by atoms with Gasteiger partial charge in [-0.15, -0.1) is 0 Å². The lowest BCUT2D eigenvalue weighted by molar-refractivity contribution is -0.150. The first-order valence-electron chi connectivity index (χ1n) is 15.8. The van der Waals surface area contributed by atoms with Crippen LogP contribution in [0.4, 0.5) is 4.39 Å². The summed E-state index contributed by atoms with van der Waals surface area (Å²) in [5, 5.41) is 18.4. The van der Waals surface area contributed by atoms with Crippen LogP contribution in [0.15, 0.2) is 30.4 Å². The Kier molecular flexibility index (Phi) is 13.8. The topological polar surface area (TPSA) is 93.1 Å². The van der Waals surface area contributed by atoms with Gasteiger partial charge in [-0.1, -0.05) is 64.2 Å². The summed E-state index contributed by atoms with van der Waals surface area (Å²) < 4.78 is 26.1. The molecule has 2 aliphatic carbocycles. The van der Waals surface area contributed by atoms with E-state index in [2.05, 4.69) is 13.5 Å². The fourth-order valence-electron chi connectivity index (χ4n) is 6.64. The molecule has 7 heteroatoms. The van der Waals surface area contributed by atoms with Crippen LogP contribution < -0.4 is 0 Å². The van der Waals surface area contributed by atoms with E-state index in [1.165, 1.54) is 57.4 Å². The Hall–Kier alpha value is -2.25. The van der Waals surface area contributed by atoms with E-state index in [9.17, 15) is 14.7 Å². The Labute approximate surface area is 245 Å². The van der Waals surface area contributed by atoms with Crippen LogP contribution in [-0.2, 0) is 19.1 Å². The molecule has 0 amide bonds. The van der Waals surface area contributed by atoms with Gasteiger partial charge in [0, 0.05) is 0 Å². The predicted octanol–water partition coefficient (Wildman–Crippen LogP) is 6.83. The van der Waals surface area contributed by atoms with Crippen molar-refractivity contribution >= 4 is 11.9 Å². The minimum atomic E-state index is -0.758. The van der Waals surface area contributed by atoms with Gasteiger partial charge >= 0.3 is 11.9 Å². The van der Waals surface area contributed by atoms with Crippen LogP contribution in [0.3, 0.4) is 0 Å². The molecule has 0 radical (unpaired) electrons. The Morgan fingerprint density at radius 3 is 2.20 bits per heavy atom.